The zero-order valence-electron chi connectivity index (χ0n) is 8.65. The molecule has 0 aromatic carbocycles. The fourth-order valence-corrected chi connectivity index (χ4v) is 2.10. The summed E-state index contributed by atoms with van der Waals surface area (Å²) in [7, 11) is 0. The molecule has 82 valence electrons. The monoisotopic (exact) mass is 271 g/mol. The Kier molecular flexibility index (Phi) is 3.21. The van der Waals surface area contributed by atoms with Gasteiger partial charge in [0.05, 0.1) is 6.61 Å². The molecular weight excluding hydrogens is 258 g/mol. The van der Waals surface area contributed by atoms with E-state index < -0.39 is 0 Å². The van der Waals surface area contributed by atoms with Crippen LogP contribution in [0.15, 0.2) is 10.7 Å². The summed E-state index contributed by atoms with van der Waals surface area (Å²) in [6, 6.07) is 2.46. The highest BCUT2D eigenvalue weighted by molar-refractivity contribution is 9.10. The number of halogens is 1. The molecule has 0 spiro atoms. The van der Waals surface area contributed by atoms with Gasteiger partial charge in [-0.15, -0.1) is 0 Å². The van der Waals surface area contributed by atoms with Crippen LogP contribution in [0.1, 0.15) is 18.7 Å². The topological polar surface area (TPSA) is 49.2 Å². The van der Waals surface area contributed by atoms with E-state index in [4.69, 9.17) is 5.11 Å². The van der Waals surface area contributed by atoms with Crippen molar-refractivity contribution in [2.24, 2.45) is 0 Å². The van der Waals surface area contributed by atoms with Crippen LogP contribution in [0.5, 0.6) is 0 Å². The van der Waals surface area contributed by atoms with Crippen LogP contribution in [0.3, 0.4) is 0 Å². The first-order valence-corrected chi connectivity index (χ1v) is 5.88. The van der Waals surface area contributed by atoms with Crippen LogP contribution < -0.4 is 4.90 Å². The molecule has 1 N–H and O–H groups in total. The minimum Gasteiger partial charge on any atom is -0.395 e. The normalized spacial score (nSPS) is 15.4. The summed E-state index contributed by atoms with van der Waals surface area (Å²) in [5, 5.41) is 9.02. The zero-order chi connectivity index (χ0) is 10.8. The van der Waals surface area contributed by atoms with E-state index in [-0.39, 0.29) is 6.61 Å². The quantitative estimate of drug-likeness (QED) is 0.844. The average molecular weight is 272 g/mol. The molecule has 2 rings (SSSR count). The number of aliphatic hydroxyl groups excluding tert-OH is 1. The first-order chi connectivity index (χ1) is 7.20. The molecule has 0 unspecified atom stereocenters. The lowest BCUT2D eigenvalue weighted by molar-refractivity contribution is 0.301. The Morgan fingerprint density at radius 2 is 2.27 bits per heavy atom. The van der Waals surface area contributed by atoms with Crippen LogP contribution in [-0.2, 0) is 0 Å². The van der Waals surface area contributed by atoms with Crippen molar-refractivity contribution >= 4 is 21.7 Å². The molecule has 0 atom stereocenters. The predicted octanol–water partition coefficient (Wildman–Crippen LogP) is 1.51. The number of rotatable bonds is 4. The number of nitrogens with zero attached hydrogens (tertiary/aromatic N) is 3. The molecule has 15 heavy (non-hydrogen) atoms. The summed E-state index contributed by atoms with van der Waals surface area (Å²) >= 11 is 3.36. The van der Waals surface area contributed by atoms with Gasteiger partial charge in [-0.05, 0) is 35.7 Å². The first kappa shape index (κ1) is 10.8. The molecular formula is C10H14BrN3O. The maximum Gasteiger partial charge on any atom is 0.133 e. The third-order valence-corrected chi connectivity index (χ3v) is 2.82. The maximum absolute atomic E-state index is 9.02. The molecule has 0 radical (unpaired) electrons. The third kappa shape index (κ3) is 2.66. The Balaban J connectivity index is 2.24. The fraction of sp³-hybridized carbons (Fsp3) is 0.600. The minimum absolute atomic E-state index is 0.164. The van der Waals surface area contributed by atoms with Crippen LogP contribution in [0.4, 0.5) is 5.82 Å². The second kappa shape index (κ2) is 4.45. The zero-order valence-corrected chi connectivity index (χ0v) is 10.2. The van der Waals surface area contributed by atoms with Crippen molar-refractivity contribution in [1.82, 2.24) is 9.97 Å². The Morgan fingerprint density at radius 3 is 2.80 bits per heavy atom. The second-order valence-corrected chi connectivity index (χ2v) is 4.56. The number of anilines is 1. The van der Waals surface area contributed by atoms with E-state index in [1.165, 1.54) is 12.8 Å². The molecule has 0 amide bonds. The summed E-state index contributed by atoms with van der Waals surface area (Å²) in [5.74, 6) is 1.66. The van der Waals surface area contributed by atoms with E-state index in [1.807, 2.05) is 13.0 Å². The van der Waals surface area contributed by atoms with E-state index >= 15 is 0 Å². The van der Waals surface area contributed by atoms with Crippen molar-refractivity contribution in [2.45, 2.75) is 25.8 Å². The molecule has 0 saturated heterocycles. The first-order valence-electron chi connectivity index (χ1n) is 5.09. The fourth-order valence-electron chi connectivity index (χ4n) is 1.64. The van der Waals surface area contributed by atoms with Crippen LogP contribution in [0, 0.1) is 6.92 Å². The van der Waals surface area contributed by atoms with Crippen molar-refractivity contribution in [3.8, 4) is 0 Å². The van der Waals surface area contributed by atoms with E-state index in [9.17, 15) is 0 Å². The maximum atomic E-state index is 9.02. The van der Waals surface area contributed by atoms with Gasteiger partial charge in [-0.2, -0.15) is 0 Å². The van der Waals surface area contributed by atoms with Gasteiger partial charge < -0.3 is 10.0 Å². The molecule has 5 heteroatoms. The number of hydrogen-bond acceptors (Lipinski definition) is 4. The summed E-state index contributed by atoms with van der Waals surface area (Å²) in [4.78, 5) is 10.7. The Labute approximate surface area is 97.5 Å². The molecule has 0 bridgehead atoms. The molecule has 1 saturated carbocycles. The lowest BCUT2D eigenvalue weighted by Crippen LogP contribution is -2.30. The molecule has 1 heterocycles. The highest BCUT2D eigenvalue weighted by Gasteiger charge is 2.29. The van der Waals surface area contributed by atoms with Gasteiger partial charge in [0.1, 0.15) is 16.2 Å². The van der Waals surface area contributed by atoms with Crippen molar-refractivity contribution < 1.29 is 5.11 Å². The Bertz CT molecular complexity index is 334. The molecule has 1 aromatic heterocycles. The van der Waals surface area contributed by atoms with E-state index in [1.54, 1.807) is 0 Å². The van der Waals surface area contributed by atoms with E-state index in [0.29, 0.717) is 12.6 Å². The molecule has 1 aromatic rings. The van der Waals surface area contributed by atoms with Crippen molar-refractivity contribution in [2.75, 3.05) is 18.1 Å². The summed E-state index contributed by atoms with van der Waals surface area (Å²) < 4.78 is 0.800. The minimum atomic E-state index is 0.164. The van der Waals surface area contributed by atoms with Gasteiger partial charge in [0, 0.05) is 18.7 Å². The summed E-state index contributed by atoms with van der Waals surface area (Å²) in [6.45, 7) is 2.68. The lowest BCUT2D eigenvalue weighted by Gasteiger charge is -2.22. The van der Waals surface area contributed by atoms with Gasteiger partial charge in [0.15, 0.2) is 0 Å². The van der Waals surface area contributed by atoms with Crippen molar-refractivity contribution in [3.63, 3.8) is 0 Å². The molecule has 1 aliphatic rings. The van der Waals surface area contributed by atoms with Crippen LogP contribution in [0.2, 0.25) is 0 Å². The van der Waals surface area contributed by atoms with E-state index in [0.717, 1.165) is 16.2 Å². The number of hydrogen-bond donors (Lipinski definition) is 1. The highest BCUT2D eigenvalue weighted by Crippen LogP contribution is 2.31. The standard InChI is InChI=1S/C10H14BrN3O/c1-7-12-9(11)6-10(13-7)14(4-5-15)8-2-3-8/h6,8,15H,2-5H2,1H3. The second-order valence-electron chi connectivity index (χ2n) is 3.74. The van der Waals surface area contributed by atoms with Gasteiger partial charge in [-0.3, -0.25) is 0 Å². The van der Waals surface area contributed by atoms with Crippen molar-refractivity contribution in [3.05, 3.63) is 16.5 Å². The van der Waals surface area contributed by atoms with Gasteiger partial charge in [-0.1, -0.05) is 0 Å². The van der Waals surface area contributed by atoms with Crippen LogP contribution in [0.25, 0.3) is 0 Å². The summed E-state index contributed by atoms with van der Waals surface area (Å²) in [6.07, 6.45) is 2.39. The molecule has 0 aliphatic heterocycles. The number of aromatic nitrogens is 2. The Hall–Kier alpha value is -0.680. The largest absolute Gasteiger partial charge is 0.395 e. The van der Waals surface area contributed by atoms with Gasteiger partial charge in [-0.25, -0.2) is 9.97 Å². The van der Waals surface area contributed by atoms with E-state index in [2.05, 4.69) is 30.8 Å². The van der Waals surface area contributed by atoms with Crippen LogP contribution >= 0.6 is 15.9 Å². The molecule has 4 nitrogen and oxygen atoms in total. The smallest absolute Gasteiger partial charge is 0.133 e. The average Bonchev–Trinajstić information content (AvgIpc) is 2.95. The Morgan fingerprint density at radius 1 is 1.53 bits per heavy atom. The SMILES string of the molecule is Cc1nc(Br)cc(N(CCO)C2CC2)n1. The van der Waals surface area contributed by atoms with Crippen LogP contribution in [-0.4, -0.2) is 34.3 Å². The molecule has 1 aliphatic carbocycles. The predicted molar refractivity (Wildman–Crippen MR) is 61.9 cm³/mol. The number of aryl methyl sites for hydroxylation is 1. The van der Waals surface area contributed by atoms with Gasteiger partial charge in [0.2, 0.25) is 0 Å². The highest BCUT2D eigenvalue weighted by atomic mass is 79.9. The number of aliphatic hydroxyl groups is 1. The van der Waals surface area contributed by atoms with Gasteiger partial charge in [0.25, 0.3) is 0 Å². The lowest BCUT2D eigenvalue weighted by atomic mass is 10.4. The third-order valence-electron chi connectivity index (χ3n) is 2.42. The van der Waals surface area contributed by atoms with Gasteiger partial charge >= 0.3 is 0 Å². The summed E-state index contributed by atoms with van der Waals surface area (Å²) in [5.41, 5.74) is 0. The van der Waals surface area contributed by atoms with Crippen molar-refractivity contribution in [1.29, 1.82) is 0 Å². The molecule has 1 fully saturated rings.